The van der Waals surface area contributed by atoms with Gasteiger partial charge in [0.05, 0.1) is 10.9 Å². The van der Waals surface area contributed by atoms with Crippen molar-refractivity contribution in [2.24, 2.45) is 5.10 Å². The van der Waals surface area contributed by atoms with E-state index < -0.39 is 0 Å². The predicted molar refractivity (Wildman–Crippen MR) is 120 cm³/mol. The Morgan fingerprint density at radius 1 is 0.800 bits per heavy atom. The predicted octanol–water partition coefficient (Wildman–Crippen LogP) is 5.59. The highest BCUT2D eigenvalue weighted by Crippen LogP contribution is 2.23. The largest absolute Gasteiger partial charge is 0.456 e. The van der Waals surface area contributed by atoms with E-state index in [1.165, 1.54) is 5.56 Å². The molecule has 0 saturated heterocycles. The van der Waals surface area contributed by atoms with Gasteiger partial charge >= 0.3 is 0 Å². The van der Waals surface area contributed by atoms with E-state index in [2.05, 4.69) is 59.6 Å². The molecular formula is C25H20N4O. The fraction of sp³-hybridized carbons (Fsp3) is 0.0800. The van der Waals surface area contributed by atoms with Gasteiger partial charge in [-0.05, 0) is 38.1 Å². The monoisotopic (exact) mass is 392 g/mol. The van der Waals surface area contributed by atoms with Crippen LogP contribution >= 0.6 is 0 Å². The number of hydrogen-bond acceptors (Lipinski definition) is 5. The molecule has 0 unspecified atom stereocenters. The Labute approximate surface area is 173 Å². The third-order valence-electron chi connectivity index (χ3n) is 5.06. The molecule has 0 spiro atoms. The fourth-order valence-corrected chi connectivity index (χ4v) is 3.44. The van der Waals surface area contributed by atoms with Gasteiger partial charge in [0.1, 0.15) is 17.7 Å². The number of fused-ring (bicyclic) bond motifs is 2. The minimum absolute atomic E-state index is 0.666. The summed E-state index contributed by atoms with van der Waals surface area (Å²) >= 11 is 0. The number of aromatic nitrogens is 2. The molecule has 0 aliphatic heterocycles. The van der Waals surface area contributed by atoms with Crippen LogP contribution in [0.4, 0.5) is 5.82 Å². The van der Waals surface area contributed by atoms with Crippen LogP contribution in [0.1, 0.15) is 11.1 Å². The lowest BCUT2D eigenvalue weighted by molar-refractivity contribution is 0.618. The van der Waals surface area contributed by atoms with Crippen molar-refractivity contribution >= 4 is 27.7 Å². The Balaban J connectivity index is 1.68. The standard InChI is InChI=1S/C25H20N4O/c1-16-7-10-18(11-8-16)24-14-22(20-13-17(2)9-12-23(20)30-24)28-29-25-19-5-3-4-6-21(19)26-15-27-25/h3-15H,1-2H3,(H,26,27,29)/b28-22-. The SMILES string of the molecule is Cc1ccc(-c2c/c(=N/Nc3ncnc4ccccc34)c3cc(C)ccc3o2)cc1. The molecule has 30 heavy (non-hydrogen) atoms. The number of aryl methyl sites for hydroxylation is 2. The van der Waals surface area contributed by atoms with Crippen LogP contribution in [0.25, 0.3) is 33.2 Å². The Bertz CT molecular complexity index is 1430. The summed E-state index contributed by atoms with van der Waals surface area (Å²) in [5, 5.41) is 7.35. The molecule has 0 saturated carbocycles. The van der Waals surface area contributed by atoms with Crippen molar-refractivity contribution in [2.45, 2.75) is 13.8 Å². The van der Waals surface area contributed by atoms with E-state index in [0.717, 1.165) is 44.1 Å². The first-order valence-electron chi connectivity index (χ1n) is 9.78. The van der Waals surface area contributed by atoms with Gasteiger partial charge in [0.15, 0.2) is 5.82 Å². The molecule has 0 bridgehead atoms. The summed E-state index contributed by atoms with van der Waals surface area (Å²) in [6, 6.07) is 24.2. The zero-order valence-electron chi connectivity index (χ0n) is 16.8. The van der Waals surface area contributed by atoms with E-state index in [1.807, 2.05) is 42.5 Å². The van der Waals surface area contributed by atoms with Crippen molar-refractivity contribution in [3.8, 4) is 11.3 Å². The maximum atomic E-state index is 6.19. The maximum absolute atomic E-state index is 6.19. The highest BCUT2D eigenvalue weighted by Gasteiger charge is 2.07. The first-order valence-corrected chi connectivity index (χ1v) is 9.78. The Morgan fingerprint density at radius 2 is 1.60 bits per heavy atom. The fourth-order valence-electron chi connectivity index (χ4n) is 3.44. The molecule has 0 aliphatic carbocycles. The van der Waals surface area contributed by atoms with Crippen molar-refractivity contribution < 1.29 is 4.42 Å². The second-order valence-electron chi connectivity index (χ2n) is 7.32. The van der Waals surface area contributed by atoms with Gasteiger partial charge in [-0.15, -0.1) is 0 Å². The Hall–Kier alpha value is -3.99. The van der Waals surface area contributed by atoms with Crippen LogP contribution in [0.5, 0.6) is 0 Å². The summed E-state index contributed by atoms with van der Waals surface area (Å²) in [4.78, 5) is 8.68. The smallest absolute Gasteiger partial charge is 0.157 e. The minimum atomic E-state index is 0.666. The van der Waals surface area contributed by atoms with Gasteiger partial charge in [0, 0.05) is 22.4 Å². The highest BCUT2D eigenvalue weighted by atomic mass is 16.3. The Morgan fingerprint density at radius 3 is 2.47 bits per heavy atom. The second kappa shape index (κ2) is 7.44. The van der Waals surface area contributed by atoms with E-state index >= 15 is 0 Å². The van der Waals surface area contributed by atoms with Crippen molar-refractivity contribution in [3.63, 3.8) is 0 Å². The average molecular weight is 392 g/mol. The second-order valence-corrected chi connectivity index (χ2v) is 7.32. The van der Waals surface area contributed by atoms with Crippen LogP contribution in [0.2, 0.25) is 0 Å². The van der Waals surface area contributed by atoms with Crippen molar-refractivity contribution in [1.29, 1.82) is 0 Å². The van der Waals surface area contributed by atoms with E-state index in [0.29, 0.717) is 5.82 Å². The van der Waals surface area contributed by atoms with Crippen LogP contribution in [0.15, 0.2) is 88.6 Å². The molecule has 3 aromatic carbocycles. The van der Waals surface area contributed by atoms with Crippen LogP contribution in [0, 0.1) is 13.8 Å². The summed E-state index contributed by atoms with van der Waals surface area (Å²) in [5.41, 5.74) is 8.15. The Kier molecular flexibility index (Phi) is 4.48. The minimum Gasteiger partial charge on any atom is -0.456 e. The van der Waals surface area contributed by atoms with Gasteiger partial charge in [-0.3, -0.25) is 5.43 Å². The van der Waals surface area contributed by atoms with E-state index in [9.17, 15) is 0 Å². The number of nitrogens with one attached hydrogen (secondary N) is 1. The summed E-state index contributed by atoms with van der Waals surface area (Å²) in [5.74, 6) is 1.43. The number of rotatable bonds is 3. The third-order valence-corrected chi connectivity index (χ3v) is 5.06. The molecule has 1 N–H and O–H groups in total. The quantitative estimate of drug-likeness (QED) is 0.407. The van der Waals surface area contributed by atoms with Gasteiger partial charge in [0.25, 0.3) is 0 Å². The third kappa shape index (κ3) is 3.42. The number of nitrogens with zero attached hydrogens (tertiary/aromatic N) is 3. The van der Waals surface area contributed by atoms with Gasteiger partial charge in [-0.2, -0.15) is 5.10 Å². The van der Waals surface area contributed by atoms with Gasteiger partial charge < -0.3 is 4.42 Å². The molecule has 2 heterocycles. The average Bonchev–Trinajstić information content (AvgIpc) is 2.78. The first-order chi connectivity index (χ1) is 14.7. The lowest BCUT2D eigenvalue weighted by Crippen LogP contribution is -2.08. The van der Waals surface area contributed by atoms with E-state index in [1.54, 1.807) is 6.33 Å². The van der Waals surface area contributed by atoms with Crippen LogP contribution in [-0.4, -0.2) is 9.97 Å². The normalized spacial score (nSPS) is 11.9. The van der Waals surface area contributed by atoms with Gasteiger partial charge in [-0.25, -0.2) is 9.97 Å². The van der Waals surface area contributed by atoms with Crippen LogP contribution in [-0.2, 0) is 0 Å². The van der Waals surface area contributed by atoms with Crippen molar-refractivity contribution in [1.82, 2.24) is 9.97 Å². The molecule has 0 amide bonds. The number of benzene rings is 3. The molecule has 2 aromatic heterocycles. The van der Waals surface area contributed by atoms with Gasteiger partial charge in [-0.1, -0.05) is 53.6 Å². The van der Waals surface area contributed by atoms with Crippen molar-refractivity contribution in [3.05, 3.63) is 95.6 Å². The lowest BCUT2D eigenvalue weighted by atomic mass is 10.1. The topological polar surface area (TPSA) is 63.3 Å². The number of para-hydroxylation sites is 1. The maximum Gasteiger partial charge on any atom is 0.157 e. The molecular weight excluding hydrogens is 372 g/mol. The van der Waals surface area contributed by atoms with E-state index in [4.69, 9.17) is 9.52 Å². The molecule has 5 heteroatoms. The molecule has 5 aromatic rings. The van der Waals surface area contributed by atoms with E-state index in [-0.39, 0.29) is 0 Å². The number of hydrogen-bond donors (Lipinski definition) is 1. The van der Waals surface area contributed by atoms with Gasteiger partial charge in [0.2, 0.25) is 0 Å². The highest BCUT2D eigenvalue weighted by molar-refractivity contribution is 5.88. The molecule has 0 atom stereocenters. The molecule has 5 nitrogen and oxygen atoms in total. The molecule has 5 rings (SSSR count). The first kappa shape index (κ1) is 18.1. The van der Waals surface area contributed by atoms with Crippen molar-refractivity contribution in [2.75, 3.05) is 5.43 Å². The zero-order valence-corrected chi connectivity index (χ0v) is 16.8. The lowest BCUT2D eigenvalue weighted by Gasteiger charge is -2.07. The summed E-state index contributed by atoms with van der Waals surface area (Å²) < 4.78 is 6.19. The summed E-state index contributed by atoms with van der Waals surface area (Å²) in [7, 11) is 0. The number of anilines is 1. The molecule has 146 valence electrons. The summed E-state index contributed by atoms with van der Waals surface area (Å²) in [6.45, 7) is 4.13. The zero-order chi connectivity index (χ0) is 20.5. The summed E-state index contributed by atoms with van der Waals surface area (Å²) in [6.07, 6.45) is 1.54. The molecule has 0 fully saturated rings. The van der Waals surface area contributed by atoms with Crippen LogP contribution < -0.4 is 10.8 Å². The molecule has 0 radical (unpaired) electrons. The molecule has 0 aliphatic rings. The van der Waals surface area contributed by atoms with Crippen LogP contribution in [0.3, 0.4) is 0 Å².